The van der Waals surface area contributed by atoms with Crippen molar-refractivity contribution in [3.63, 3.8) is 0 Å². The predicted molar refractivity (Wildman–Crippen MR) is 76.7 cm³/mol. The molecule has 2 rings (SSSR count). The van der Waals surface area contributed by atoms with Gasteiger partial charge in [-0.3, -0.25) is 9.69 Å². The second kappa shape index (κ2) is 6.84. The number of carbonyl (C=O) groups excluding carboxylic acids is 1. The van der Waals surface area contributed by atoms with Gasteiger partial charge < -0.3 is 4.74 Å². The minimum Gasteiger partial charge on any atom is -0.496 e. The molecule has 0 spiro atoms. The molecule has 0 aromatic heterocycles. The van der Waals surface area contributed by atoms with Gasteiger partial charge in [0.1, 0.15) is 11.6 Å². The fourth-order valence-corrected chi connectivity index (χ4v) is 2.89. The highest BCUT2D eigenvalue weighted by atomic mass is 19.1. The quantitative estimate of drug-likeness (QED) is 0.749. The number of rotatable bonds is 6. The Balaban J connectivity index is 2.00. The topological polar surface area (TPSA) is 29.5 Å². The number of methoxy groups -OCH3 is 1. The summed E-state index contributed by atoms with van der Waals surface area (Å²) in [7, 11) is 1.50. The molecule has 1 aliphatic rings. The second-order valence-electron chi connectivity index (χ2n) is 5.45. The maximum Gasteiger partial charge on any atom is 0.180 e. The maximum atomic E-state index is 13.3. The average Bonchev–Trinajstić information content (AvgIpc) is 2.86. The normalized spacial score (nSPS) is 19.2. The van der Waals surface area contributed by atoms with Gasteiger partial charge in [0.2, 0.25) is 0 Å². The number of ether oxygens (including phenoxy) is 1. The van der Waals surface area contributed by atoms with Gasteiger partial charge in [-0.25, -0.2) is 4.39 Å². The molecular formula is C16H22FNO2. The van der Waals surface area contributed by atoms with Crippen molar-refractivity contribution in [1.82, 2.24) is 4.90 Å². The molecule has 0 amide bonds. The van der Waals surface area contributed by atoms with Crippen LogP contribution in [0, 0.1) is 11.7 Å². The van der Waals surface area contributed by atoms with E-state index in [2.05, 4.69) is 11.8 Å². The summed E-state index contributed by atoms with van der Waals surface area (Å²) in [6.07, 6.45) is 3.56. The Hall–Kier alpha value is -1.42. The third-order valence-electron chi connectivity index (χ3n) is 3.90. The van der Waals surface area contributed by atoms with E-state index in [0.717, 1.165) is 19.5 Å². The zero-order valence-corrected chi connectivity index (χ0v) is 12.2. The Kier molecular flexibility index (Phi) is 5.12. The number of ketones is 1. The summed E-state index contributed by atoms with van der Waals surface area (Å²) in [6, 6.07) is 4.08. The molecule has 1 aliphatic heterocycles. The van der Waals surface area contributed by atoms with Crippen LogP contribution in [0.4, 0.5) is 4.39 Å². The highest BCUT2D eigenvalue weighted by Crippen LogP contribution is 2.23. The van der Waals surface area contributed by atoms with Crippen molar-refractivity contribution < 1.29 is 13.9 Å². The maximum absolute atomic E-state index is 13.3. The summed E-state index contributed by atoms with van der Waals surface area (Å²) in [5.74, 6) is 0.667. The number of hydrogen-bond donors (Lipinski definition) is 0. The van der Waals surface area contributed by atoms with Crippen molar-refractivity contribution >= 4 is 5.78 Å². The van der Waals surface area contributed by atoms with Gasteiger partial charge in [0.25, 0.3) is 0 Å². The first-order chi connectivity index (χ1) is 9.63. The molecule has 1 fully saturated rings. The Labute approximate surface area is 119 Å². The van der Waals surface area contributed by atoms with Crippen LogP contribution in [0.5, 0.6) is 5.75 Å². The van der Waals surface area contributed by atoms with Crippen LogP contribution in [0.2, 0.25) is 0 Å². The number of Topliss-reactive ketones (excluding diaryl/α,β-unsaturated/α-hetero) is 1. The first-order valence-electron chi connectivity index (χ1n) is 7.23. The number of benzene rings is 1. The number of likely N-dealkylation sites (tertiary alicyclic amines) is 1. The minimum absolute atomic E-state index is 0.0708. The van der Waals surface area contributed by atoms with Gasteiger partial charge in [-0.1, -0.05) is 13.3 Å². The minimum atomic E-state index is -0.403. The molecule has 0 radical (unpaired) electrons. The zero-order valence-electron chi connectivity index (χ0n) is 12.2. The molecule has 20 heavy (non-hydrogen) atoms. The molecule has 0 aliphatic carbocycles. The van der Waals surface area contributed by atoms with E-state index in [4.69, 9.17) is 4.74 Å². The van der Waals surface area contributed by atoms with Crippen molar-refractivity contribution in [2.24, 2.45) is 5.92 Å². The van der Waals surface area contributed by atoms with Gasteiger partial charge in [0, 0.05) is 6.54 Å². The fourth-order valence-electron chi connectivity index (χ4n) is 2.89. The van der Waals surface area contributed by atoms with E-state index in [1.165, 1.54) is 38.2 Å². The van der Waals surface area contributed by atoms with Crippen LogP contribution in [0.1, 0.15) is 36.5 Å². The molecule has 0 saturated carbocycles. The van der Waals surface area contributed by atoms with Crippen LogP contribution in [0.25, 0.3) is 0 Å². The fraction of sp³-hybridized carbons (Fsp3) is 0.562. The monoisotopic (exact) mass is 279 g/mol. The van der Waals surface area contributed by atoms with Crippen LogP contribution in [0.15, 0.2) is 18.2 Å². The van der Waals surface area contributed by atoms with E-state index in [1.807, 2.05) is 0 Å². The van der Waals surface area contributed by atoms with Gasteiger partial charge in [-0.05, 0) is 43.5 Å². The van der Waals surface area contributed by atoms with Crippen molar-refractivity contribution in [2.45, 2.75) is 26.2 Å². The number of halogens is 1. The molecule has 3 nitrogen and oxygen atoms in total. The van der Waals surface area contributed by atoms with Gasteiger partial charge in [0.05, 0.1) is 19.2 Å². The summed E-state index contributed by atoms with van der Waals surface area (Å²) in [6.45, 7) is 4.46. The molecule has 110 valence electrons. The van der Waals surface area contributed by atoms with Gasteiger partial charge in [0.15, 0.2) is 5.78 Å². The Bertz CT molecular complexity index is 476. The standard InChI is InChI=1S/C16H22FNO2/c1-3-4-12-7-8-18(10-12)11-15(19)14-9-13(17)5-6-16(14)20-2/h5-6,9,12H,3-4,7-8,10-11H2,1-2H3. The Morgan fingerprint density at radius 1 is 1.50 bits per heavy atom. The van der Waals surface area contributed by atoms with Crippen molar-refractivity contribution in [1.29, 1.82) is 0 Å². The molecule has 1 aromatic rings. The smallest absolute Gasteiger partial charge is 0.180 e. The van der Waals surface area contributed by atoms with Crippen molar-refractivity contribution in [3.8, 4) is 5.75 Å². The first kappa shape index (κ1) is 15.0. The molecule has 4 heteroatoms. The van der Waals surface area contributed by atoms with E-state index >= 15 is 0 Å². The number of hydrogen-bond acceptors (Lipinski definition) is 3. The average molecular weight is 279 g/mol. The van der Waals surface area contributed by atoms with E-state index in [0.29, 0.717) is 23.8 Å². The Morgan fingerprint density at radius 2 is 2.30 bits per heavy atom. The van der Waals surface area contributed by atoms with E-state index < -0.39 is 5.82 Å². The summed E-state index contributed by atoms with van der Waals surface area (Å²) < 4.78 is 18.4. The number of carbonyl (C=O) groups is 1. The van der Waals surface area contributed by atoms with Crippen LogP contribution in [-0.2, 0) is 0 Å². The zero-order chi connectivity index (χ0) is 14.5. The lowest BCUT2D eigenvalue weighted by atomic mass is 10.0. The van der Waals surface area contributed by atoms with E-state index in [9.17, 15) is 9.18 Å². The van der Waals surface area contributed by atoms with Crippen molar-refractivity contribution in [2.75, 3.05) is 26.7 Å². The van der Waals surface area contributed by atoms with Gasteiger partial charge >= 0.3 is 0 Å². The molecular weight excluding hydrogens is 257 g/mol. The first-order valence-corrected chi connectivity index (χ1v) is 7.23. The summed E-state index contributed by atoms with van der Waals surface area (Å²) in [5, 5.41) is 0. The molecule has 1 heterocycles. The summed E-state index contributed by atoms with van der Waals surface area (Å²) in [5.41, 5.74) is 0.339. The lowest BCUT2D eigenvalue weighted by molar-refractivity contribution is 0.0939. The van der Waals surface area contributed by atoms with Crippen LogP contribution < -0.4 is 4.74 Å². The van der Waals surface area contributed by atoms with E-state index in [-0.39, 0.29) is 5.78 Å². The van der Waals surface area contributed by atoms with Gasteiger partial charge in [-0.15, -0.1) is 0 Å². The number of nitrogens with zero attached hydrogens (tertiary/aromatic N) is 1. The molecule has 1 atom stereocenters. The molecule has 1 saturated heterocycles. The summed E-state index contributed by atoms with van der Waals surface area (Å²) >= 11 is 0. The highest BCUT2D eigenvalue weighted by Gasteiger charge is 2.24. The predicted octanol–water partition coefficient (Wildman–Crippen LogP) is 3.14. The molecule has 1 unspecified atom stereocenters. The lowest BCUT2D eigenvalue weighted by Crippen LogP contribution is -2.28. The second-order valence-corrected chi connectivity index (χ2v) is 5.45. The molecule has 0 bridgehead atoms. The van der Waals surface area contributed by atoms with Crippen LogP contribution in [-0.4, -0.2) is 37.4 Å². The van der Waals surface area contributed by atoms with E-state index in [1.54, 1.807) is 0 Å². The third kappa shape index (κ3) is 3.57. The molecule has 1 aromatic carbocycles. The highest BCUT2D eigenvalue weighted by molar-refractivity contribution is 6.00. The van der Waals surface area contributed by atoms with Crippen LogP contribution >= 0.6 is 0 Å². The Morgan fingerprint density at radius 3 is 3.00 bits per heavy atom. The van der Waals surface area contributed by atoms with Crippen LogP contribution in [0.3, 0.4) is 0 Å². The van der Waals surface area contributed by atoms with Crippen molar-refractivity contribution in [3.05, 3.63) is 29.6 Å². The largest absolute Gasteiger partial charge is 0.496 e. The summed E-state index contributed by atoms with van der Waals surface area (Å²) in [4.78, 5) is 14.5. The SMILES string of the molecule is CCCC1CCN(CC(=O)c2cc(F)ccc2OC)C1. The lowest BCUT2D eigenvalue weighted by Gasteiger charge is -2.16. The third-order valence-corrected chi connectivity index (χ3v) is 3.90. The molecule has 0 N–H and O–H groups in total. The van der Waals surface area contributed by atoms with Gasteiger partial charge in [-0.2, -0.15) is 0 Å².